The largest absolute Gasteiger partial charge is 0.352 e. The molecule has 0 spiro atoms. The second kappa shape index (κ2) is 6.49. The number of nitrogens with zero attached hydrogens (tertiary/aromatic N) is 1. The predicted octanol–water partition coefficient (Wildman–Crippen LogP) is 1.49. The molecule has 0 radical (unpaired) electrons. The van der Waals surface area contributed by atoms with Crippen molar-refractivity contribution >= 4 is 27.7 Å². The van der Waals surface area contributed by atoms with Crippen molar-refractivity contribution in [1.82, 2.24) is 15.6 Å². The van der Waals surface area contributed by atoms with Gasteiger partial charge in [-0.05, 0) is 48.8 Å². The van der Waals surface area contributed by atoms with Gasteiger partial charge in [-0.3, -0.25) is 9.59 Å². The highest BCUT2D eigenvalue weighted by Gasteiger charge is 2.17. The molecule has 5 nitrogen and oxygen atoms in total. The zero-order chi connectivity index (χ0) is 13.7. The first kappa shape index (κ1) is 14.6. The molecule has 1 atom stereocenters. The highest BCUT2D eigenvalue weighted by Crippen LogP contribution is 2.06. The van der Waals surface area contributed by atoms with E-state index in [-0.39, 0.29) is 17.9 Å². The Hall–Kier alpha value is -1.43. The van der Waals surface area contributed by atoms with Crippen LogP contribution in [-0.2, 0) is 4.79 Å². The maximum Gasteiger partial charge on any atom is 0.253 e. The lowest BCUT2D eigenvalue weighted by molar-refractivity contribution is -0.123. The fourth-order valence-electron chi connectivity index (χ4n) is 1.27. The molecule has 6 heteroatoms. The first-order valence-corrected chi connectivity index (χ1v) is 6.42. The number of carbonyl (C=O) groups is 2. The third-order valence-electron chi connectivity index (χ3n) is 2.16. The van der Waals surface area contributed by atoms with Crippen LogP contribution in [0.15, 0.2) is 22.9 Å². The van der Waals surface area contributed by atoms with Crippen LogP contribution in [0, 0.1) is 0 Å². The average molecular weight is 314 g/mol. The van der Waals surface area contributed by atoms with Crippen molar-refractivity contribution < 1.29 is 9.59 Å². The van der Waals surface area contributed by atoms with Gasteiger partial charge in [0.1, 0.15) is 10.6 Å². The topological polar surface area (TPSA) is 71.1 Å². The molecular formula is C12H16BrN3O2. The zero-order valence-corrected chi connectivity index (χ0v) is 12.1. The fourth-order valence-corrected chi connectivity index (χ4v) is 1.50. The molecule has 0 aromatic carbocycles. The van der Waals surface area contributed by atoms with Crippen molar-refractivity contribution in [2.24, 2.45) is 0 Å². The van der Waals surface area contributed by atoms with E-state index < -0.39 is 6.04 Å². The smallest absolute Gasteiger partial charge is 0.253 e. The molecule has 0 saturated carbocycles. The van der Waals surface area contributed by atoms with Gasteiger partial charge in [0.2, 0.25) is 5.91 Å². The van der Waals surface area contributed by atoms with Crippen molar-refractivity contribution in [2.75, 3.05) is 0 Å². The molecule has 1 aromatic heterocycles. The first-order chi connectivity index (χ1) is 8.40. The number of rotatable bonds is 4. The normalized spacial score (nSPS) is 12.1. The van der Waals surface area contributed by atoms with Crippen molar-refractivity contribution in [3.63, 3.8) is 0 Å². The standard InChI is InChI=1S/C12H16BrN3O2/c1-7(2)15-11(17)8(3)16-12(18)9-4-5-10(13)14-6-9/h4-8H,1-3H3,(H,15,17)(H,16,18). The number of nitrogens with one attached hydrogen (secondary N) is 2. The molecule has 1 aromatic rings. The van der Waals surface area contributed by atoms with Crippen molar-refractivity contribution in [1.29, 1.82) is 0 Å². The van der Waals surface area contributed by atoms with Crippen molar-refractivity contribution in [3.8, 4) is 0 Å². The second-order valence-electron chi connectivity index (χ2n) is 4.23. The fraction of sp³-hybridized carbons (Fsp3) is 0.417. The van der Waals surface area contributed by atoms with Crippen LogP contribution in [0.2, 0.25) is 0 Å². The summed E-state index contributed by atoms with van der Waals surface area (Å²) in [6.07, 6.45) is 1.45. The molecule has 18 heavy (non-hydrogen) atoms. The summed E-state index contributed by atoms with van der Waals surface area (Å²) in [6, 6.07) is 2.78. The van der Waals surface area contributed by atoms with Gasteiger partial charge in [0, 0.05) is 12.2 Å². The number of aromatic nitrogens is 1. The van der Waals surface area contributed by atoms with Gasteiger partial charge in [-0.2, -0.15) is 0 Å². The van der Waals surface area contributed by atoms with Crippen LogP contribution >= 0.6 is 15.9 Å². The summed E-state index contributed by atoms with van der Waals surface area (Å²) in [5, 5.41) is 5.35. The molecule has 1 unspecified atom stereocenters. The Labute approximate surface area is 114 Å². The van der Waals surface area contributed by atoms with Crippen molar-refractivity contribution in [2.45, 2.75) is 32.9 Å². The molecule has 0 fully saturated rings. The highest BCUT2D eigenvalue weighted by molar-refractivity contribution is 9.10. The predicted molar refractivity (Wildman–Crippen MR) is 72.1 cm³/mol. The molecule has 2 amide bonds. The number of halogens is 1. The van der Waals surface area contributed by atoms with Crippen LogP contribution in [0.3, 0.4) is 0 Å². The van der Waals surface area contributed by atoms with E-state index in [1.54, 1.807) is 19.1 Å². The van der Waals surface area contributed by atoms with Gasteiger partial charge in [-0.15, -0.1) is 0 Å². The highest BCUT2D eigenvalue weighted by atomic mass is 79.9. The summed E-state index contributed by atoms with van der Waals surface area (Å²) in [5.74, 6) is -0.523. The van der Waals surface area contributed by atoms with Gasteiger partial charge in [-0.25, -0.2) is 4.98 Å². The molecule has 0 bridgehead atoms. The third kappa shape index (κ3) is 4.44. The Morgan fingerprint density at radius 1 is 1.22 bits per heavy atom. The number of hydrogen-bond acceptors (Lipinski definition) is 3. The minimum absolute atomic E-state index is 0.0474. The van der Waals surface area contributed by atoms with E-state index in [0.29, 0.717) is 10.2 Å². The van der Waals surface area contributed by atoms with Gasteiger partial charge in [0.05, 0.1) is 5.56 Å². The molecule has 2 N–H and O–H groups in total. The van der Waals surface area contributed by atoms with Crippen LogP contribution in [0.4, 0.5) is 0 Å². The summed E-state index contributed by atoms with van der Waals surface area (Å²) in [5.41, 5.74) is 0.419. The Balaban J connectivity index is 2.59. The van der Waals surface area contributed by atoms with Gasteiger partial charge in [0.15, 0.2) is 0 Å². The van der Waals surface area contributed by atoms with E-state index in [0.717, 1.165) is 0 Å². The van der Waals surface area contributed by atoms with E-state index >= 15 is 0 Å². The summed E-state index contributed by atoms with van der Waals surface area (Å²) < 4.78 is 0.657. The van der Waals surface area contributed by atoms with Gasteiger partial charge in [0.25, 0.3) is 5.91 Å². The molecular weight excluding hydrogens is 298 g/mol. The lowest BCUT2D eigenvalue weighted by Gasteiger charge is -2.15. The lowest BCUT2D eigenvalue weighted by Crippen LogP contribution is -2.46. The van der Waals surface area contributed by atoms with E-state index in [9.17, 15) is 9.59 Å². The van der Waals surface area contributed by atoms with Crippen LogP contribution in [0.25, 0.3) is 0 Å². The lowest BCUT2D eigenvalue weighted by atomic mass is 10.2. The van der Waals surface area contributed by atoms with Crippen molar-refractivity contribution in [3.05, 3.63) is 28.5 Å². The zero-order valence-electron chi connectivity index (χ0n) is 10.5. The summed E-state index contributed by atoms with van der Waals surface area (Å²) >= 11 is 3.19. The summed E-state index contributed by atoms with van der Waals surface area (Å²) in [7, 11) is 0. The Morgan fingerprint density at radius 2 is 1.89 bits per heavy atom. The number of carbonyl (C=O) groups excluding carboxylic acids is 2. The number of pyridine rings is 1. The maximum absolute atomic E-state index is 11.8. The minimum Gasteiger partial charge on any atom is -0.352 e. The average Bonchev–Trinajstić information content (AvgIpc) is 2.28. The minimum atomic E-state index is -0.580. The van der Waals surface area contributed by atoms with Crippen LogP contribution in [0.5, 0.6) is 0 Å². The molecule has 0 aliphatic heterocycles. The monoisotopic (exact) mass is 313 g/mol. The third-order valence-corrected chi connectivity index (χ3v) is 2.63. The van der Waals surface area contributed by atoms with Gasteiger partial charge in [-0.1, -0.05) is 0 Å². The molecule has 1 heterocycles. The molecule has 0 saturated heterocycles. The Bertz CT molecular complexity index is 431. The maximum atomic E-state index is 11.8. The molecule has 0 aliphatic carbocycles. The Kier molecular flexibility index (Phi) is 5.27. The van der Waals surface area contributed by atoms with Gasteiger partial charge < -0.3 is 10.6 Å². The van der Waals surface area contributed by atoms with E-state index in [1.807, 2.05) is 13.8 Å². The van der Waals surface area contributed by atoms with E-state index in [4.69, 9.17) is 0 Å². The van der Waals surface area contributed by atoms with Crippen LogP contribution in [-0.4, -0.2) is 28.9 Å². The first-order valence-electron chi connectivity index (χ1n) is 5.63. The summed E-state index contributed by atoms with van der Waals surface area (Å²) in [4.78, 5) is 27.4. The SMILES string of the molecule is CC(C)NC(=O)C(C)NC(=O)c1ccc(Br)nc1. The van der Waals surface area contributed by atoms with E-state index in [1.165, 1.54) is 6.20 Å². The number of hydrogen-bond donors (Lipinski definition) is 2. The van der Waals surface area contributed by atoms with E-state index in [2.05, 4.69) is 31.5 Å². The summed E-state index contributed by atoms with van der Waals surface area (Å²) in [6.45, 7) is 5.37. The van der Waals surface area contributed by atoms with Crippen LogP contribution in [0.1, 0.15) is 31.1 Å². The van der Waals surface area contributed by atoms with Crippen LogP contribution < -0.4 is 10.6 Å². The molecule has 1 rings (SSSR count). The molecule has 0 aliphatic rings. The van der Waals surface area contributed by atoms with Gasteiger partial charge >= 0.3 is 0 Å². The molecule has 98 valence electrons. The quantitative estimate of drug-likeness (QED) is 0.827. The Morgan fingerprint density at radius 3 is 2.39 bits per heavy atom. The number of amides is 2. The second-order valence-corrected chi connectivity index (χ2v) is 5.04.